The number of hydrogen-bond donors (Lipinski definition) is 2. The lowest BCUT2D eigenvalue weighted by molar-refractivity contribution is 0.148. The number of H-pyrrole nitrogens is 1. The Kier molecular flexibility index (Phi) is 4.60. The lowest BCUT2D eigenvalue weighted by Gasteiger charge is -2.17. The second-order valence-electron chi connectivity index (χ2n) is 6.57. The summed E-state index contributed by atoms with van der Waals surface area (Å²) < 4.78 is 22.6. The van der Waals surface area contributed by atoms with Gasteiger partial charge in [0.05, 0.1) is 17.6 Å². The summed E-state index contributed by atoms with van der Waals surface area (Å²) >= 11 is 0. The van der Waals surface area contributed by atoms with E-state index in [0.717, 1.165) is 17.2 Å². The molecule has 3 rings (SSSR count). The first-order valence-corrected chi connectivity index (χ1v) is 9.93. The summed E-state index contributed by atoms with van der Waals surface area (Å²) in [5.41, 5.74) is 2.64. The molecule has 3 heterocycles. The average molecular weight is 350 g/mol. The van der Waals surface area contributed by atoms with E-state index in [1.807, 2.05) is 24.0 Å². The van der Waals surface area contributed by atoms with Gasteiger partial charge >= 0.3 is 0 Å². The number of aromatic nitrogens is 3. The van der Waals surface area contributed by atoms with E-state index in [2.05, 4.69) is 15.2 Å². The third kappa shape index (κ3) is 4.12. The highest BCUT2D eigenvalue weighted by atomic mass is 32.2. The van der Waals surface area contributed by atoms with Crippen LogP contribution in [0, 0.1) is 12.8 Å². The minimum atomic E-state index is -3.06. The van der Waals surface area contributed by atoms with Gasteiger partial charge in [0.15, 0.2) is 9.84 Å². The van der Waals surface area contributed by atoms with Gasteiger partial charge in [-0.15, -0.1) is 0 Å². The highest BCUT2D eigenvalue weighted by molar-refractivity contribution is 7.89. The summed E-state index contributed by atoms with van der Waals surface area (Å²) in [6, 6.07) is 5.59. The largest absolute Gasteiger partial charge is 0.391 e. The molecule has 1 saturated heterocycles. The highest BCUT2D eigenvalue weighted by Crippen LogP contribution is 2.25. The number of pyridine rings is 1. The number of hydrogen-bond acceptors (Lipinski definition) is 6. The van der Waals surface area contributed by atoms with Crippen LogP contribution in [0.2, 0.25) is 0 Å². The molecule has 1 aliphatic rings. The molecule has 1 aliphatic heterocycles. The van der Waals surface area contributed by atoms with Crippen LogP contribution < -0.4 is 4.90 Å². The van der Waals surface area contributed by atoms with Crippen molar-refractivity contribution in [3.8, 4) is 0 Å². The molecule has 0 bridgehead atoms. The molecule has 0 radical (unpaired) electrons. The van der Waals surface area contributed by atoms with E-state index >= 15 is 0 Å². The Bertz CT molecular complexity index is 801. The van der Waals surface area contributed by atoms with Gasteiger partial charge in [-0.25, -0.2) is 13.4 Å². The Morgan fingerprint density at radius 3 is 2.75 bits per heavy atom. The molecule has 2 atom stereocenters. The van der Waals surface area contributed by atoms with Crippen molar-refractivity contribution < 1.29 is 13.5 Å². The van der Waals surface area contributed by atoms with Crippen LogP contribution in [-0.4, -0.2) is 54.2 Å². The van der Waals surface area contributed by atoms with Crippen molar-refractivity contribution in [2.24, 2.45) is 5.92 Å². The van der Waals surface area contributed by atoms with Crippen LogP contribution in [0.4, 0.5) is 5.82 Å². The van der Waals surface area contributed by atoms with Crippen molar-refractivity contribution >= 4 is 15.7 Å². The zero-order chi connectivity index (χ0) is 17.3. The second kappa shape index (κ2) is 6.52. The number of aromatic amines is 1. The van der Waals surface area contributed by atoms with Crippen LogP contribution in [0.5, 0.6) is 0 Å². The molecule has 0 spiro atoms. The Balaban J connectivity index is 1.65. The lowest BCUT2D eigenvalue weighted by Crippen LogP contribution is -2.22. The molecule has 0 aliphatic carbocycles. The maximum absolute atomic E-state index is 11.3. The topological polar surface area (TPSA) is 99.2 Å². The highest BCUT2D eigenvalue weighted by Gasteiger charge is 2.32. The number of aliphatic hydroxyl groups excluding tert-OH is 1. The van der Waals surface area contributed by atoms with E-state index in [9.17, 15) is 13.5 Å². The van der Waals surface area contributed by atoms with E-state index < -0.39 is 15.9 Å². The molecule has 2 aromatic rings. The van der Waals surface area contributed by atoms with E-state index in [4.69, 9.17) is 0 Å². The molecule has 2 N–H and O–H groups in total. The fourth-order valence-corrected chi connectivity index (χ4v) is 3.86. The predicted octanol–water partition coefficient (Wildman–Crippen LogP) is 0.698. The summed E-state index contributed by atoms with van der Waals surface area (Å²) in [5, 5.41) is 17.5. The fraction of sp³-hybridized carbons (Fsp3) is 0.500. The molecule has 8 heteroatoms. The molecule has 0 saturated carbocycles. The maximum Gasteiger partial charge on any atom is 0.151 e. The normalized spacial score (nSPS) is 21.4. The van der Waals surface area contributed by atoms with Gasteiger partial charge in [-0.1, -0.05) is 6.07 Å². The van der Waals surface area contributed by atoms with Gasteiger partial charge in [0.1, 0.15) is 5.82 Å². The van der Waals surface area contributed by atoms with Crippen LogP contribution in [-0.2, 0) is 22.0 Å². The van der Waals surface area contributed by atoms with E-state index in [1.54, 1.807) is 12.3 Å². The van der Waals surface area contributed by atoms with E-state index in [0.29, 0.717) is 25.1 Å². The standard InChI is InChI=1S/C16H22N4O3S/c1-11-5-14(19-18-11)6-13-8-20(9-15(13)21)16-4-3-12(7-17-16)10-24(2,22)23/h3-5,7,13,15,21H,6,8-10H2,1-2H3,(H,18,19)/t13-,15+/m1/s1. The van der Waals surface area contributed by atoms with Gasteiger partial charge in [0.25, 0.3) is 0 Å². The molecule has 24 heavy (non-hydrogen) atoms. The lowest BCUT2D eigenvalue weighted by atomic mass is 10.0. The van der Waals surface area contributed by atoms with Gasteiger partial charge in [-0.3, -0.25) is 5.10 Å². The zero-order valence-corrected chi connectivity index (χ0v) is 14.6. The van der Waals surface area contributed by atoms with Crippen LogP contribution in [0.3, 0.4) is 0 Å². The Labute approximate surface area is 141 Å². The maximum atomic E-state index is 11.3. The molecule has 0 amide bonds. The number of nitrogens with zero attached hydrogens (tertiary/aromatic N) is 3. The van der Waals surface area contributed by atoms with Crippen molar-refractivity contribution in [2.75, 3.05) is 24.2 Å². The van der Waals surface area contributed by atoms with Crippen molar-refractivity contribution in [2.45, 2.75) is 25.2 Å². The van der Waals surface area contributed by atoms with Gasteiger partial charge in [0, 0.05) is 37.2 Å². The van der Waals surface area contributed by atoms with Crippen molar-refractivity contribution in [1.82, 2.24) is 15.2 Å². The van der Waals surface area contributed by atoms with E-state index in [1.165, 1.54) is 6.26 Å². The third-order valence-electron chi connectivity index (χ3n) is 4.20. The number of sulfone groups is 1. The summed E-state index contributed by atoms with van der Waals surface area (Å²) in [6.07, 6.45) is 3.08. The first-order chi connectivity index (χ1) is 11.3. The van der Waals surface area contributed by atoms with Crippen molar-refractivity contribution in [1.29, 1.82) is 0 Å². The molecular formula is C16H22N4O3S. The second-order valence-corrected chi connectivity index (χ2v) is 8.71. The van der Waals surface area contributed by atoms with Crippen LogP contribution in [0.15, 0.2) is 24.4 Å². The number of nitrogens with one attached hydrogen (secondary N) is 1. The number of β-amino-alcohol motifs (C(OH)–C–C–N with tert-alkyl or cyclic N) is 1. The molecule has 7 nitrogen and oxygen atoms in total. The fourth-order valence-electron chi connectivity index (χ4n) is 3.08. The Morgan fingerprint density at radius 2 is 2.17 bits per heavy atom. The Hall–Kier alpha value is -1.93. The summed E-state index contributed by atoms with van der Waals surface area (Å²) in [5.74, 6) is 0.849. The number of aryl methyl sites for hydroxylation is 1. The van der Waals surface area contributed by atoms with Gasteiger partial charge in [0.2, 0.25) is 0 Å². The molecule has 0 unspecified atom stereocenters. The summed E-state index contributed by atoms with van der Waals surface area (Å²) in [4.78, 5) is 6.38. The first-order valence-electron chi connectivity index (χ1n) is 7.87. The van der Waals surface area contributed by atoms with Gasteiger partial charge in [-0.2, -0.15) is 5.10 Å². The summed E-state index contributed by atoms with van der Waals surface area (Å²) in [6.45, 7) is 3.17. The molecule has 2 aromatic heterocycles. The molecular weight excluding hydrogens is 328 g/mol. The quantitative estimate of drug-likeness (QED) is 0.823. The first kappa shape index (κ1) is 16.9. The zero-order valence-electron chi connectivity index (χ0n) is 13.8. The Morgan fingerprint density at radius 1 is 1.38 bits per heavy atom. The van der Waals surface area contributed by atoms with Crippen molar-refractivity contribution in [3.05, 3.63) is 41.3 Å². The van der Waals surface area contributed by atoms with Gasteiger partial charge < -0.3 is 10.0 Å². The average Bonchev–Trinajstić information content (AvgIpc) is 3.05. The molecule has 130 valence electrons. The summed E-state index contributed by atoms with van der Waals surface area (Å²) in [7, 11) is -3.06. The molecule has 0 aromatic carbocycles. The minimum absolute atomic E-state index is 0.00988. The predicted molar refractivity (Wildman–Crippen MR) is 91.5 cm³/mol. The SMILES string of the molecule is Cc1cc(C[C@@H]2CN(c3ccc(CS(C)(=O)=O)cn3)C[C@@H]2O)n[nH]1. The van der Waals surface area contributed by atoms with Crippen LogP contribution in [0.25, 0.3) is 0 Å². The molecule has 1 fully saturated rings. The minimum Gasteiger partial charge on any atom is -0.391 e. The van der Waals surface area contributed by atoms with Gasteiger partial charge in [-0.05, 0) is 31.0 Å². The number of aliphatic hydroxyl groups is 1. The van der Waals surface area contributed by atoms with Crippen LogP contribution in [0.1, 0.15) is 17.0 Å². The van der Waals surface area contributed by atoms with E-state index in [-0.39, 0.29) is 11.7 Å². The monoisotopic (exact) mass is 350 g/mol. The number of rotatable bonds is 5. The number of anilines is 1. The smallest absolute Gasteiger partial charge is 0.151 e. The van der Waals surface area contributed by atoms with Crippen molar-refractivity contribution in [3.63, 3.8) is 0 Å². The third-order valence-corrected chi connectivity index (χ3v) is 5.06. The van der Waals surface area contributed by atoms with Crippen LogP contribution >= 0.6 is 0 Å².